The highest BCUT2D eigenvalue weighted by Crippen LogP contribution is 2.50. The smallest absolute Gasteiger partial charge is 0.497 e. The number of hydrogen-bond acceptors (Lipinski definition) is 27. The van der Waals surface area contributed by atoms with Crippen molar-refractivity contribution in [2.24, 2.45) is 16.6 Å². The van der Waals surface area contributed by atoms with Crippen LogP contribution in [0.1, 0.15) is 178 Å². The Morgan fingerprint density at radius 3 is 1.20 bits per heavy atom. The van der Waals surface area contributed by atoms with E-state index in [2.05, 4.69) is 25.7 Å². The van der Waals surface area contributed by atoms with Crippen molar-refractivity contribution >= 4 is 108 Å². The van der Waals surface area contributed by atoms with Gasteiger partial charge in [-0.25, -0.2) is 19.2 Å². The molecular formula is C91H119Cl4N8O20P2S2+. The molecule has 6 aromatic carbocycles. The Morgan fingerprint density at radius 2 is 0.866 bits per heavy atom. The van der Waals surface area contributed by atoms with Crippen LogP contribution in [0.5, 0.6) is 23.0 Å². The second kappa shape index (κ2) is 47.3. The monoisotopic (exact) mass is 1910 g/mol. The van der Waals surface area contributed by atoms with Gasteiger partial charge in [-0.3, -0.25) is 27.8 Å². The lowest BCUT2D eigenvalue weighted by atomic mass is 9.77. The standard InChI is InChI=1S/C45H59N4O10PS.C39H46N3O10PS.C6H13N.CCl4/c1-7-43(2,3)41(51)61-29-28-57-60(54,48-34-16-12-9-13-17-34)58-30-37-39(50)44(4,53)40(59-37)49-27-26-38(46-42(49)52)47-45(31-14-10-8-11-15-31,32-18-22-35(55-5)23-19-32)33-20-24-36(56-6)25-21-33;1-7-37(2,3)35(44)54-24-23-50-53(47)51-25-31-33(43)38(4,46)34(52-31)42-22-21-32(40-36(42)45)41-39(26-11-9-8-10-12-26,27-13-17-29(48-5)18-14-27)28-15-19-30(49-6)20-16-28;7-6-4-2-1-3-5-6;2-1(3,4)5/h8,10-11,14-15,18-27,34,37,39-40,50,53H,7,9,12-13,16-17,28-30H2,1-6H3,(H,48,54)(H,46,47,52);8-22,31,33-34,43,46H,7,23-25H2,1-6H3;6H,1-5,7H2;/p+1/t37-,39+,40-,44?,60?;31-,33+,34-,38?;;/m11../s1. The van der Waals surface area contributed by atoms with E-state index in [-0.39, 0.29) is 46.9 Å². The summed E-state index contributed by atoms with van der Waals surface area (Å²) in [6.07, 6.45) is 7.34. The minimum atomic E-state index is -3.98. The molecular weight excluding hydrogens is 1790 g/mol. The van der Waals surface area contributed by atoms with Crippen LogP contribution in [0.15, 0.2) is 192 Å². The van der Waals surface area contributed by atoms with Gasteiger partial charge in [-0.05, 0) is 146 Å². The van der Waals surface area contributed by atoms with Crippen LogP contribution >= 0.6 is 85.9 Å². The fourth-order valence-electron chi connectivity index (χ4n) is 14.9. The van der Waals surface area contributed by atoms with Crippen LogP contribution in [-0.4, -0.2) is 167 Å². The number of aromatic nitrogens is 4. The molecule has 0 bridgehead atoms. The second-order valence-electron chi connectivity index (χ2n) is 32.8. The van der Waals surface area contributed by atoms with Crippen LogP contribution in [0, 0.1) is 10.8 Å². The quantitative estimate of drug-likeness (QED) is 0.00782. The molecule has 2 aliphatic heterocycles. The number of halogens is 4. The first kappa shape index (κ1) is 104. The number of aliphatic hydroxyl groups is 4. The maximum atomic E-state index is 14.2. The number of thioether (sulfide) groups is 2. The summed E-state index contributed by atoms with van der Waals surface area (Å²) in [4.78, 5) is 61.5. The first-order valence-corrected chi connectivity index (χ1v) is 48.2. The van der Waals surface area contributed by atoms with Gasteiger partial charge in [0, 0.05) is 51.4 Å². The van der Waals surface area contributed by atoms with Crippen LogP contribution in [0.3, 0.4) is 0 Å². The molecule has 9 N–H and O–H groups in total. The predicted octanol–water partition coefficient (Wildman–Crippen LogP) is 17.3. The molecule has 4 heterocycles. The molecule has 4 fully saturated rings. The minimum absolute atomic E-state index is 0.00373. The predicted molar refractivity (Wildman–Crippen MR) is 499 cm³/mol. The van der Waals surface area contributed by atoms with Crippen molar-refractivity contribution in [2.45, 2.75) is 207 Å². The number of aliphatic hydroxyl groups excluding tert-OH is 2. The molecule has 12 rings (SSSR count). The lowest BCUT2D eigenvalue weighted by molar-refractivity contribution is -0.118. The summed E-state index contributed by atoms with van der Waals surface area (Å²) in [5, 5.41) is 55.6. The number of rotatable bonds is 36. The van der Waals surface area contributed by atoms with Crippen molar-refractivity contribution in [1.29, 1.82) is 0 Å². The van der Waals surface area contributed by atoms with Gasteiger partial charge in [0.15, 0.2) is 22.7 Å². The van der Waals surface area contributed by atoms with Crippen molar-refractivity contribution in [3.8, 4) is 23.0 Å². The van der Waals surface area contributed by atoms with Gasteiger partial charge in [-0.2, -0.15) is 9.97 Å². The van der Waals surface area contributed by atoms with Crippen LogP contribution in [0.4, 0.5) is 11.6 Å². The molecule has 692 valence electrons. The van der Waals surface area contributed by atoms with E-state index in [1.54, 1.807) is 40.6 Å². The minimum Gasteiger partial charge on any atom is -0.497 e. The number of nitrogens with zero attached hydrogens (tertiary/aromatic N) is 4. The number of hydrogen-bond donors (Lipinski definition) is 8. The van der Waals surface area contributed by atoms with Crippen LogP contribution in [0.25, 0.3) is 0 Å². The van der Waals surface area contributed by atoms with Crippen molar-refractivity contribution in [3.63, 3.8) is 0 Å². The number of alkyl halides is 4. The molecule has 10 atom stereocenters. The van der Waals surface area contributed by atoms with Crippen LogP contribution in [-0.2, 0) is 57.4 Å². The number of methoxy groups -OCH3 is 4. The Balaban J connectivity index is 0.000000255. The summed E-state index contributed by atoms with van der Waals surface area (Å²) in [6, 6.07) is 53.5. The Morgan fingerprint density at radius 1 is 0.528 bits per heavy atom. The van der Waals surface area contributed by atoms with E-state index in [0.717, 1.165) is 98.1 Å². The molecule has 2 aromatic heterocycles. The average molecular weight is 1910 g/mol. The van der Waals surface area contributed by atoms with E-state index in [1.807, 2.05) is 199 Å². The highest BCUT2D eigenvalue weighted by molar-refractivity contribution is 8.14. The van der Waals surface area contributed by atoms with E-state index in [4.69, 9.17) is 98.7 Å². The molecule has 2 saturated carbocycles. The number of benzene rings is 6. The van der Waals surface area contributed by atoms with E-state index in [9.17, 15) is 48.7 Å². The molecule has 0 amide bonds. The van der Waals surface area contributed by atoms with Gasteiger partial charge >= 0.3 is 27.4 Å². The summed E-state index contributed by atoms with van der Waals surface area (Å²) in [5.74, 6) is 3.69. The summed E-state index contributed by atoms with van der Waals surface area (Å²) >= 11 is 21.5. The van der Waals surface area contributed by atoms with E-state index < -0.39 is 114 Å². The highest BCUT2D eigenvalue weighted by atomic mass is 35.6. The van der Waals surface area contributed by atoms with Gasteiger partial charge in [-0.1, -0.05) is 259 Å². The lowest BCUT2D eigenvalue weighted by Crippen LogP contribution is -2.46. The number of nitrogens with two attached hydrogens (primary N) is 1. The van der Waals surface area contributed by atoms with Gasteiger partial charge in [-0.15, -0.1) is 9.05 Å². The van der Waals surface area contributed by atoms with Gasteiger partial charge < -0.3 is 65.2 Å². The molecule has 8 aromatic rings. The molecule has 4 aliphatic rings. The van der Waals surface area contributed by atoms with Gasteiger partial charge in [0.05, 0.1) is 41.7 Å². The molecule has 0 radical (unpaired) electrons. The van der Waals surface area contributed by atoms with E-state index in [1.165, 1.54) is 58.3 Å². The zero-order valence-corrected chi connectivity index (χ0v) is 80.0. The number of carbonyl (C=O) groups is 2. The molecule has 0 spiro atoms. The normalized spacial score (nSPS) is 21.1. The Labute approximate surface area is 772 Å². The lowest BCUT2D eigenvalue weighted by Gasteiger charge is -2.37. The van der Waals surface area contributed by atoms with Crippen molar-refractivity contribution in [1.82, 2.24) is 24.2 Å². The van der Waals surface area contributed by atoms with Gasteiger partial charge in [0.1, 0.15) is 94.5 Å². The van der Waals surface area contributed by atoms with Crippen molar-refractivity contribution in [2.75, 3.05) is 77.0 Å². The van der Waals surface area contributed by atoms with Gasteiger partial charge in [0.2, 0.25) is 0 Å². The number of ether oxygens (including phenoxy) is 6. The fourth-order valence-corrected chi connectivity index (χ4v) is 19.1. The summed E-state index contributed by atoms with van der Waals surface area (Å²) in [5.41, 5.74) is 2.10. The molecule has 2 saturated heterocycles. The molecule has 4 unspecified atom stereocenters. The van der Waals surface area contributed by atoms with Crippen LogP contribution < -0.4 is 51.8 Å². The summed E-state index contributed by atoms with van der Waals surface area (Å²) in [7, 11) is -0.205. The third-order valence-corrected chi connectivity index (χ3v) is 27.9. The van der Waals surface area contributed by atoms with E-state index >= 15 is 0 Å². The van der Waals surface area contributed by atoms with Crippen molar-refractivity contribution < 1.29 is 85.7 Å². The maximum absolute atomic E-state index is 14.2. The Hall–Kier alpha value is -7.07. The topological polar surface area (TPSA) is 373 Å². The number of anilines is 2. The molecule has 2 aliphatic carbocycles. The highest BCUT2D eigenvalue weighted by Gasteiger charge is 2.56. The largest absolute Gasteiger partial charge is 0.697 e. The molecule has 36 heteroatoms. The van der Waals surface area contributed by atoms with Gasteiger partial charge in [0.25, 0.3) is 3.25 Å². The SMILES string of the molecule is CCC(C)(C)C(=O)SCCOP(=O)(NC1CCCCC1)OC[C@H]1O[C@@H](n2ccc(NC(c3ccccc3)(c3ccc(OC)cc3)c3ccc(OC)cc3)nc2=O)C(C)(O)[C@H]1O.CCC(C)(C)C(=O)SCCO[P+](=O)OC[C@H]1O[C@@H](n2ccc(NC(c3ccccc3)(c3ccc(OC)cc3)c3ccc(OC)cc3)nc2=O)C(C)(O)[C@H]1O.ClC(Cl)(Cl)Cl.NC1CCCCC1. The fraction of sp³-hybridized carbons (Fsp3) is 0.495. The average Bonchev–Trinajstić information content (AvgIpc) is 1.46. The zero-order valence-electron chi connectivity index (χ0n) is 73.6. The number of nitrogens with one attached hydrogen (secondary N) is 3. The first-order valence-electron chi connectivity index (χ1n) is 42.1. The summed E-state index contributed by atoms with van der Waals surface area (Å²) in [6.45, 7) is 13.2. The third-order valence-electron chi connectivity index (χ3n) is 23.1. The summed E-state index contributed by atoms with van der Waals surface area (Å²) < 4.78 is 83.4. The first-order chi connectivity index (χ1) is 60.3. The zero-order chi connectivity index (χ0) is 92.6. The molecule has 28 nitrogen and oxygen atoms in total. The maximum Gasteiger partial charge on any atom is 0.697 e. The van der Waals surface area contributed by atoms with E-state index in [0.29, 0.717) is 47.6 Å². The Bertz CT molecular complexity index is 4880. The molecule has 127 heavy (non-hydrogen) atoms. The number of carbonyl (C=O) groups excluding carboxylic acids is 2. The second-order valence-corrected chi connectivity index (χ2v) is 41.1. The van der Waals surface area contributed by atoms with Crippen LogP contribution in [0.2, 0.25) is 0 Å². The third kappa shape index (κ3) is 27.8. The van der Waals surface area contributed by atoms with Crippen molar-refractivity contribution in [3.05, 3.63) is 237 Å². The Kier molecular flexibility index (Phi) is 38.6.